The molecule has 0 atom stereocenters. The summed E-state index contributed by atoms with van der Waals surface area (Å²) < 4.78 is 32.6. The summed E-state index contributed by atoms with van der Waals surface area (Å²) in [4.78, 5) is 4.26. The first-order valence-corrected chi connectivity index (χ1v) is 8.54. The molecule has 0 saturated heterocycles. The molecule has 0 aliphatic rings. The van der Waals surface area contributed by atoms with Gasteiger partial charge in [-0.3, -0.25) is 4.98 Å². The Morgan fingerprint density at radius 3 is 2.77 bits per heavy atom. The highest BCUT2D eigenvalue weighted by Crippen LogP contribution is 2.40. The molecule has 2 aromatic heterocycles. The molecule has 0 radical (unpaired) electrons. The highest BCUT2D eigenvalue weighted by molar-refractivity contribution is 6.17. The van der Waals surface area contributed by atoms with Crippen LogP contribution < -0.4 is 4.57 Å². The number of hydrogen-bond donors (Lipinski definition) is 0. The monoisotopic (exact) mass is 342 g/mol. The molecule has 0 N–H and O–H groups in total. The predicted molar refractivity (Wildman–Crippen MR) is 105 cm³/mol. The van der Waals surface area contributed by atoms with Crippen molar-refractivity contribution in [1.29, 1.82) is 0 Å². The summed E-state index contributed by atoms with van der Waals surface area (Å²) in [7, 11) is 1.92. The molecule has 5 rings (SSSR count). The van der Waals surface area contributed by atoms with Gasteiger partial charge in [-0.05, 0) is 42.4 Å². The van der Waals surface area contributed by atoms with Gasteiger partial charge < -0.3 is 4.42 Å². The zero-order valence-electron chi connectivity index (χ0n) is 17.6. The number of aromatic nitrogens is 2. The number of aryl methyl sites for hydroxylation is 2. The van der Waals surface area contributed by atoms with Crippen molar-refractivity contribution in [3.05, 3.63) is 72.2 Å². The van der Waals surface area contributed by atoms with Gasteiger partial charge in [-0.1, -0.05) is 30.3 Å². The van der Waals surface area contributed by atoms with Crippen molar-refractivity contribution in [3.8, 4) is 11.3 Å². The van der Waals surface area contributed by atoms with Crippen LogP contribution in [0.25, 0.3) is 44.0 Å². The van der Waals surface area contributed by atoms with Gasteiger partial charge in [0.1, 0.15) is 18.2 Å². The fraction of sp³-hybridized carbons (Fsp3) is 0.130. The standard InChI is InChI=1S/C23H19N2O/c1-14-12-19-18-9-8-16-6-4-5-7-17(16)22(18)26-23(19)21(15(14)2)20-13-24-10-11-25(20)3/h4-13H,1-3H3/q+1/i1D3. The van der Waals surface area contributed by atoms with Crippen molar-refractivity contribution in [2.75, 3.05) is 0 Å². The van der Waals surface area contributed by atoms with Crippen molar-refractivity contribution in [2.45, 2.75) is 13.8 Å². The largest absolute Gasteiger partial charge is 0.454 e. The number of nitrogens with zero attached hydrogens (tertiary/aromatic N) is 2. The van der Waals surface area contributed by atoms with E-state index in [9.17, 15) is 0 Å². The highest BCUT2D eigenvalue weighted by Gasteiger charge is 2.22. The molecule has 0 aliphatic carbocycles. The van der Waals surface area contributed by atoms with Gasteiger partial charge in [0, 0.05) is 20.3 Å². The van der Waals surface area contributed by atoms with E-state index < -0.39 is 6.85 Å². The zero-order chi connectivity index (χ0) is 20.3. The second-order valence-corrected chi connectivity index (χ2v) is 6.64. The average Bonchev–Trinajstić information content (AvgIpc) is 3.06. The van der Waals surface area contributed by atoms with E-state index in [1.54, 1.807) is 18.5 Å². The molecular weight excluding hydrogens is 320 g/mol. The van der Waals surface area contributed by atoms with Gasteiger partial charge in [0.2, 0.25) is 5.69 Å². The molecule has 0 bridgehead atoms. The lowest BCUT2D eigenvalue weighted by molar-refractivity contribution is -0.660. The SMILES string of the molecule is [2H]C([2H])([2H])c1cc2c(oc3c4ccccc4ccc23)c(-c2cncc[n+]2C)c1C. The summed E-state index contributed by atoms with van der Waals surface area (Å²) in [6.07, 6.45) is 5.30. The quantitative estimate of drug-likeness (QED) is 0.390. The van der Waals surface area contributed by atoms with Crippen LogP contribution >= 0.6 is 0 Å². The van der Waals surface area contributed by atoms with Crippen LogP contribution in [0.3, 0.4) is 0 Å². The lowest BCUT2D eigenvalue weighted by Crippen LogP contribution is -2.30. The fourth-order valence-corrected chi connectivity index (χ4v) is 3.70. The van der Waals surface area contributed by atoms with E-state index in [1.165, 1.54) is 0 Å². The van der Waals surface area contributed by atoms with E-state index in [0.29, 0.717) is 16.7 Å². The van der Waals surface area contributed by atoms with E-state index in [-0.39, 0.29) is 0 Å². The molecule has 0 unspecified atom stereocenters. The van der Waals surface area contributed by atoms with Crippen LogP contribution in [-0.4, -0.2) is 4.98 Å². The van der Waals surface area contributed by atoms with Crippen LogP contribution in [0.15, 0.2) is 65.5 Å². The average molecular weight is 342 g/mol. The van der Waals surface area contributed by atoms with Gasteiger partial charge in [-0.15, -0.1) is 0 Å². The fourth-order valence-electron chi connectivity index (χ4n) is 3.70. The van der Waals surface area contributed by atoms with Crippen molar-refractivity contribution < 1.29 is 13.1 Å². The van der Waals surface area contributed by atoms with E-state index in [0.717, 1.165) is 38.4 Å². The summed E-state index contributed by atoms with van der Waals surface area (Å²) in [6, 6.07) is 13.9. The van der Waals surface area contributed by atoms with Crippen LogP contribution in [-0.2, 0) is 7.05 Å². The van der Waals surface area contributed by atoms with Gasteiger partial charge in [-0.25, -0.2) is 0 Å². The van der Waals surface area contributed by atoms with Crippen LogP contribution in [0.4, 0.5) is 0 Å². The third kappa shape index (κ3) is 2.00. The first-order valence-electron chi connectivity index (χ1n) is 10.0. The van der Waals surface area contributed by atoms with E-state index in [1.807, 2.05) is 61.1 Å². The maximum Gasteiger partial charge on any atom is 0.234 e. The topological polar surface area (TPSA) is 29.9 Å². The summed E-state index contributed by atoms with van der Waals surface area (Å²) >= 11 is 0. The summed E-state index contributed by atoms with van der Waals surface area (Å²) in [5.41, 5.74) is 4.05. The van der Waals surface area contributed by atoms with Crippen molar-refractivity contribution in [3.63, 3.8) is 0 Å². The molecule has 3 nitrogen and oxygen atoms in total. The number of hydrogen-bond acceptors (Lipinski definition) is 2. The Hall–Kier alpha value is -3.20. The minimum absolute atomic E-state index is 0.333. The van der Waals surface area contributed by atoms with Gasteiger partial charge in [0.15, 0.2) is 6.20 Å². The molecule has 0 saturated carbocycles. The lowest BCUT2D eigenvalue weighted by atomic mass is 9.96. The molecule has 5 aromatic rings. The smallest absolute Gasteiger partial charge is 0.234 e. The second-order valence-electron chi connectivity index (χ2n) is 6.64. The summed E-state index contributed by atoms with van der Waals surface area (Å²) in [5.74, 6) is 0. The van der Waals surface area contributed by atoms with Crippen LogP contribution in [0.5, 0.6) is 0 Å². The number of furan rings is 1. The molecule has 3 heteroatoms. The molecule has 3 aromatic carbocycles. The lowest BCUT2D eigenvalue weighted by Gasteiger charge is -2.08. The third-order valence-electron chi connectivity index (χ3n) is 5.12. The van der Waals surface area contributed by atoms with Gasteiger partial charge in [-0.2, -0.15) is 4.57 Å². The molecule has 26 heavy (non-hydrogen) atoms. The minimum atomic E-state index is -2.23. The predicted octanol–water partition coefficient (Wildman–Crippen LogP) is 5.24. The Bertz CT molecular complexity index is 1420. The Balaban J connectivity index is 2.02. The Kier molecular flexibility index (Phi) is 2.53. The van der Waals surface area contributed by atoms with Gasteiger partial charge >= 0.3 is 0 Å². The van der Waals surface area contributed by atoms with Crippen LogP contribution in [0.1, 0.15) is 15.2 Å². The Morgan fingerprint density at radius 2 is 1.92 bits per heavy atom. The Morgan fingerprint density at radius 1 is 1.04 bits per heavy atom. The number of benzene rings is 3. The van der Waals surface area contributed by atoms with E-state index in [4.69, 9.17) is 8.53 Å². The minimum Gasteiger partial charge on any atom is -0.454 e. The van der Waals surface area contributed by atoms with E-state index in [2.05, 4.69) is 4.98 Å². The normalized spacial score (nSPS) is 13.8. The maximum atomic E-state index is 8.07. The molecule has 0 aliphatic heterocycles. The zero-order valence-corrected chi connectivity index (χ0v) is 14.6. The summed E-state index contributed by atoms with van der Waals surface area (Å²) in [6.45, 7) is -0.386. The van der Waals surface area contributed by atoms with Gasteiger partial charge in [0.25, 0.3) is 0 Å². The van der Waals surface area contributed by atoms with E-state index >= 15 is 0 Å². The first kappa shape index (κ1) is 12.2. The van der Waals surface area contributed by atoms with Crippen molar-refractivity contribution in [2.24, 2.45) is 7.05 Å². The number of fused-ring (bicyclic) bond motifs is 5. The molecule has 126 valence electrons. The molecule has 0 amide bonds. The second kappa shape index (κ2) is 5.40. The Labute approximate surface area is 155 Å². The third-order valence-corrected chi connectivity index (χ3v) is 5.12. The van der Waals surface area contributed by atoms with Gasteiger partial charge in [0.05, 0.1) is 18.0 Å². The van der Waals surface area contributed by atoms with Crippen molar-refractivity contribution >= 4 is 32.7 Å². The molecular formula is C23H19N2O+. The molecule has 2 heterocycles. The van der Waals surface area contributed by atoms with Crippen LogP contribution in [0.2, 0.25) is 0 Å². The molecule has 0 fully saturated rings. The summed E-state index contributed by atoms with van der Waals surface area (Å²) in [5, 5.41) is 3.81. The maximum absolute atomic E-state index is 8.07. The highest BCUT2D eigenvalue weighted by atomic mass is 16.3. The number of rotatable bonds is 1. The first-order chi connectivity index (χ1) is 13.9. The van der Waals surface area contributed by atoms with Crippen molar-refractivity contribution in [1.82, 2.24) is 4.98 Å². The van der Waals surface area contributed by atoms with Crippen LogP contribution in [0, 0.1) is 13.8 Å². The molecule has 0 spiro atoms.